The number of nitrogens with one attached hydrogen (secondary N) is 2. The summed E-state index contributed by atoms with van der Waals surface area (Å²) in [4.78, 5) is 11.6. The Labute approximate surface area is 95.6 Å². The van der Waals surface area contributed by atoms with Crippen LogP contribution in [0.3, 0.4) is 0 Å². The smallest absolute Gasteiger partial charge is 0.224 e. The van der Waals surface area contributed by atoms with Crippen LogP contribution in [0.2, 0.25) is 0 Å². The third kappa shape index (κ3) is 3.34. The summed E-state index contributed by atoms with van der Waals surface area (Å²) < 4.78 is 5.00. The van der Waals surface area contributed by atoms with Gasteiger partial charge in [-0.25, -0.2) is 0 Å². The minimum absolute atomic E-state index is 0.00324. The quantitative estimate of drug-likeness (QED) is 0.768. The molecule has 2 N–H and O–H groups in total. The van der Waals surface area contributed by atoms with Crippen LogP contribution < -0.4 is 10.6 Å². The molecule has 1 atom stereocenters. The maximum absolute atomic E-state index is 11.6. The molecule has 0 fully saturated rings. The number of aromatic nitrogens is 1. The molecule has 0 aliphatic heterocycles. The molecule has 0 radical (unpaired) electrons. The molecule has 5 heteroatoms. The van der Waals surface area contributed by atoms with Crippen molar-refractivity contribution in [3.05, 3.63) is 17.0 Å². The summed E-state index contributed by atoms with van der Waals surface area (Å²) in [6, 6.07) is 0.272. The number of aryl methyl sites for hydroxylation is 2. The molecule has 0 spiro atoms. The Hall–Kier alpha value is -1.36. The minimum Gasteiger partial charge on any atom is -0.361 e. The van der Waals surface area contributed by atoms with Crippen molar-refractivity contribution in [2.75, 3.05) is 13.6 Å². The Balaban J connectivity index is 2.46. The van der Waals surface area contributed by atoms with Gasteiger partial charge in [0.05, 0.1) is 12.1 Å². The van der Waals surface area contributed by atoms with Gasteiger partial charge < -0.3 is 15.2 Å². The summed E-state index contributed by atoms with van der Waals surface area (Å²) in [6.45, 7) is 6.29. The van der Waals surface area contributed by atoms with Crippen molar-refractivity contribution in [3.63, 3.8) is 0 Å². The zero-order valence-electron chi connectivity index (χ0n) is 10.3. The topological polar surface area (TPSA) is 67.2 Å². The highest BCUT2D eigenvalue weighted by atomic mass is 16.5. The number of carbonyl (C=O) groups is 1. The summed E-state index contributed by atoms with van der Waals surface area (Å²) in [5.41, 5.74) is 1.67. The highest BCUT2D eigenvalue weighted by Gasteiger charge is 2.13. The van der Waals surface area contributed by atoms with E-state index in [1.807, 2.05) is 27.8 Å². The van der Waals surface area contributed by atoms with E-state index in [4.69, 9.17) is 4.52 Å². The van der Waals surface area contributed by atoms with Crippen molar-refractivity contribution in [2.45, 2.75) is 33.2 Å². The lowest BCUT2D eigenvalue weighted by atomic mass is 10.1. The molecule has 0 bridgehead atoms. The molecule has 5 nitrogen and oxygen atoms in total. The van der Waals surface area contributed by atoms with Crippen LogP contribution in [0.1, 0.15) is 23.9 Å². The molecular formula is C11H19N3O2. The second kappa shape index (κ2) is 5.65. The van der Waals surface area contributed by atoms with Crippen molar-refractivity contribution in [3.8, 4) is 0 Å². The Morgan fingerprint density at radius 3 is 2.69 bits per heavy atom. The molecule has 90 valence electrons. The summed E-state index contributed by atoms with van der Waals surface area (Å²) in [7, 11) is 1.87. The summed E-state index contributed by atoms with van der Waals surface area (Å²) >= 11 is 0. The first kappa shape index (κ1) is 12.7. The normalized spacial score (nSPS) is 12.5. The van der Waals surface area contributed by atoms with Crippen molar-refractivity contribution in [1.29, 1.82) is 0 Å². The van der Waals surface area contributed by atoms with Gasteiger partial charge in [-0.2, -0.15) is 0 Å². The molecule has 1 aromatic rings. The fourth-order valence-electron chi connectivity index (χ4n) is 1.35. The molecule has 1 unspecified atom stereocenters. The van der Waals surface area contributed by atoms with Gasteiger partial charge in [0, 0.05) is 18.2 Å². The van der Waals surface area contributed by atoms with E-state index in [1.165, 1.54) is 0 Å². The van der Waals surface area contributed by atoms with Gasteiger partial charge in [-0.05, 0) is 27.8 Å². The summed E-state index contributed by atoms with van der Waals surface area (Å²) in [6.07, 6.45) is 0.331. The van der Waals surface area contributed by atoms with Crippen LogP contribution in [-0.4, -0.2) is 30.7 Å². The van der Waals surface area contributed by atoms with Gasteiger partial charge in [-0.1, -0.05) is 5.16 Å². The number of likely N-dealkylation sites (N-methyl/N-ethyl adjacent to an activating group) is 1. The van der Waals surface area contributed by atoms with Crippen LogP contribution in [0.4, 0.5) is 0 Å². The fraction of sp³-hybridized carbons (Fsp3) is 0.636. The first-order chi connectivity index (χ1) is 7.54. The highest BCUT2D eigenvalue weighted by Crippen LogP contribution is 2.12. The molecule has 1 heterocycles. The standard InChI is InChI=1S/C11H19N3O2/c1-7(12-4)6-13-11(15)5-10-8(2)14-16-9(10)3/h7,12H,5-6H2,1-4H3,(H,13,15). The van der Waals surface area contributed by atoms with Crippen LogP contribution in [-0.2, 0) is 11.2 Å². The first-order valence-electron chi connectivity index (χ1n) is 5.40. The Morgan fingerprint density at radius 2 is 2.19 bits per heavy atom. The molecule has 0 aromatic carbocycles. The Morgan fingerprint density at radius 1 is 1.50 bits per heavy atom. The van der Waals surface area contributed by atoms with Gasteiger partial charge in [-0.3, -0.25) is 4.79 Å². The maximum atomic E-state index is 11.6. The van der Waals surface area contributed by atoms with E-state index in [1.54, 1.807) is 0 Å². The highest BCUT2D eigenvalue weighted by molar-refractivity contribution is 5.79. The van der Waals surface area contributed by atoms with Crippen LogP contribution in [0, 0.1) is 13.8 Å². The zero-order valence-corrected chi connectivity index (χ0v) is 10.3. The van der Waals surface area contributed by atoms with Crippen molar-refractivity contribution in [2.24, 2.45) is 0 Å². The Bertz CT molecular complexity index is 341. The zero-order chi connectivity index (χ0) is 12.1. The van der Waals surface area contributed by atoms with Gasteiger partial charge in [0.2, 0.25) is 5.91 Å². The first-order valence-corrected chi connectivity index (χ1v) is 5.40. The molecular weight excluding hydrogens is 206 g/mol. The SMILES string of the molecule is CNC(C)CNC(=O)Cc1c(C)noc1C. The average molecular weight is 225 g/mol. The van der Waals surface area contributed by atoms with Crippen LogP contribution in [0.15, 0.2) is 4.52 Å². The monoisotopic (exact) mass is 225 g/mol. The minimum atomic E-state index is -0.00324. The van der Waals surface area contributed by atoms with Gasteiger partial charge in [0.15, 0.2) is 0 Å². The van der Waals surface area contributed by atoms with E-state index in [9.17, 15) is 4.79 Å². The second-order valence-electron chi connectivity index (χ2n) is 3.97. The molecule has 1 rings (SSSR count). The number of amides is 1. The number of rotatable bonds is 5. The number of nitrogens with zero attached hydrogens (tertiary/aromatic N) is 1. The third-order valence-corrected chi connectivity index (χ3v) is 2.62. The average Bonchev–Trinajstić information content (AvgIpc) is 2.57. The van der Waals surface area contributed by atoms with E-state index in [0.717, 1.165) is 11.3 Å². The lowest BCUT2D eigenvalue weighted by Crippen LogP contribution is -2.37. The molecule has 0 saturated heterocycles. The second-order valence-corrected chi connectivity index (χ2v) is 3.97. The lowest BCUT2D eigenvalue weighted by molar-refractivity contribution is -0.120. The molecule has 0 saturated carbocycles. The van der Waals surface area contributed by atoms with E-state index in [2.05, 4.69) is 15.8 Å². The summed E-state index contributed by atoms with van der Waals surface area (Å²) in [5, 5.41) is 9.72. The molecule has 1 amide bonds. The largest absolute Gasteiger partial charge is 0.361 e. The third-order valence-electron chi connectivity index (χ3n) is 2.62. The number of carbonyl (C=O) groups excluding carboxylic acids is 1. The molecule has 1 aromatic heterocycles. The van der Waals surface area contributed by atoms with Crippen molar-refractivity contribution >= 4 is 5.91 Å². The van der Waals surface area contributed by atoms with Crippen LogP contribution in [0.25, 0.3) is 0 Å². The van der Waals surface area contributed by atoms with E-state index in [-0.39, 0.29) is 11.9 Å². The number of hydrogen-bond acceptors (Lipinski definition) is 4. The predicted molar refractivity (Wildman–Crippen MR) is 61.2 cm³/mol. The van der Waals surface area contributed by atoms with Gasteiger partial charge in [0.25, 0.3) is 0 Å². The molecule has 16 heavy (non-hydrogen) atoms. The fourth-order valence-corrected chi connectivity index (χ4v) is 1.35. The Kier molecular flexibility index (Phi) is 4.49. The van der Waals surface area contributed by atoms with Crippen molar-refractivity contribution < 1.29 is 9.32 Å². The van der Waals surface area contributed by atoms with Crippen LogP contribution >= 0.6 is 0 Å². The molecule has 0 aliphatic rings. The van der Waals surface area contributed by atoms with Gasteiger partial charge in [-0.15, -0.1) is 0 Å². The predicted octanol–water partition coefficient (Wildman–Crippen LogP) is 0.558. The van der Waals surface area contributed by atoms with Gasteiger partial charge in [0.1, 0.15) is 5.76 Å². The lowest BCUT2D eigenvalue weighted by Gasteiger charge is -2.11. The van der Waals surface area contributed by atoms with Crippen molar-refractivity contribution in [1.82, 2.24) is 15.8 Å². The van der Waals surface area contributed by atoms with E-state index < -0.39 is 0 Å². The summed E-state index contributed by atoms with van der Waals surface area (Å²) in [5.74, 6) is 0.714. The van der Waals surface area contributed by atoms with Gasteiger partial charge >= 0.3 is 0 Å². The van der Waals surface area contributed by atoms with Crippen LogP contribution in [0.5, 0.6) is 0 Å². The molecule has 0 aliphatic carbocycles. The number of hydrogen-bond donors (Lipinski definition) is 2. The van der Waals surface area contributed by atoms with E-state index >= 15 is 0 Å². The van der Waals surface area contributed by atoms with E-state index in [0.29, 0.717) is 18.7 Å². The maximum Gasteiger partial charge on any atom is 0.224 e.